The van der Waals surface area contributed by atoms with E-state index in [9.17, 15) is 31.2 Å². The van der Waals surface area contributed by atoms with Crippen LogP contribution in [0.15, 0.2) is 81.4 Å². The van der Waals surface area contributed by atoms with Crippen molar-refractivity contribution in [3.63, 3.8) is 0 Å². The van der Waals surface area contributed by atoms with Gasteiger partial charge in [-0.25, -0.2) is 12.8 Å². The third-order valence-corrected chi connectivity index (χ3v) is 11.4. The number of aromatic nitrogens is 2. The van der Waals surface area contributed by atoms with Crippen LogP contribution in [-0.4, -0.2) is 35.6 Å². The number of nitrogens with one attached hydrogen (secondary N) is 1. The van der Waals surface area contributed by atoms with Crippen molar-refractivity contribution in [2.45, 2.75) is 30.2 Å². The van der Waals surface area contributed by atoms with Crippen LogP contribution in [0.5, 0.6) is 0 Å². The molecule has 1 aromatic carbocycles. The predicted molar refractivity (Wildman–Crippen MR) is 153 cm³/mol. The quantitative estimate of drug-likeness (QED) is 0.256. The number of allylic oxidation sites excluding steroid dienone is 3. The molecule has 43 heavy (non-hydrogen) atoms. The average Bonchev–Trinajstić information content (AvgIpc) is 3.74. The Balaban J connectivity index is 1.26. The molecule has 2 atom stereocenters. The van der Waals surface area contributed by atoms with E-state index >= 15 is 0 Å². The number of thiophene rings is 1. The second-order valence-electron chi connectivity index (χ2n) is 10.6. The fourth-order valence-corrected chi connectivity index (χ4v) is 8.93. The number of halogens is 4. The van der Waals surface area contributed by atoms with E-state index < -0.39 is 21.9 Å². The van der Waals surface area contributed by atoms with Crippen LogP contribution in [0.2, 0.25) is 0 Å². The molecule has 2 aromatic heterocycles. The van der Waals surface area contributed by atoms with Crippen LogP contribution in [0.1, 0.15) is 25.5 Å². The fraction of sp³-hybridized carbons (Fsp3) is 0.310. The molecular weight excluding hydrogens is 604 g/mol. The third kappa shape index (κ3) is 5.15. The molecule has 0 bridgehead atoms. The maximum atomic E-state index is 13.8. The van der Waals surface area contributed by atoms with Crippen molar-refractivity contribution in [3.05, 3.63) is 88.7 Å². The molecule has 0 amide bonds. The predicted octanol–water partition coefficient (Wildman–Crippen LogP) is 5.97. The highest BCUT2D eigenvalue weighted by Gasteiger charge is 2.40. The highest BCUT2D eigenvalue weighted by molar-refractivity contribution is 7.91. The van der Waals surface area contributed by atoms with Gasteiger partial charge >= 0.3 is 6.18 Å². The molecular formula is C29H26F4N6O2S2. The number of alkyl halides is 3. The molecule has 0 saturated carbocycles. The number of hydrazine groups is 1. The first-order valence-corrected chi connectivity index (χ1v) is 15.7. The molecule has 0 spiro atoms. The minimum Gasteiger partial charge on any atom is -0.301 e. The van der Waals surface area contributed by atoms with Crippen molar-refractivity contribution in [2.75, 3.05) is 18.1 Å². The van der Waals surface area contributed by atoms with E-state index in [2.05, 4.69) is 23.5 Å². The second-order valence-corrected chi connectivity index (χ2v) is 13.9. The average molecular weight is 631 g/mol. The van der Waals surface area contributed by atoms with Crippen LogP contribution in [0.3, 0.4) is 0 Å². The summed E-state index contributed by atoms with van der Waals surface area (Å²) in [6.45, 7) is 1.80. The number of nitrogens with zero attached hydrogens (tertiary/aromatic N) is 5. The van der Waals surface area contributed by atoms with Gasteiger partial charge in [-0.15, -0.1) is 11.3 Å². The van der Waals surface area contributed by atoms with E-state index in [-0.39, 0.29) is 40.6 Å². The number of rotatable bonds is 7. The summed E-state index contributed by atoms with van der Waals surface area (Å²) in [5, 5.41) is 14.9. The Morgan fingerprint density at radius 3 is 2.63 bits per heavy atom. The standard InChI is InChI=1S/C29H26F4N6O2S2/c1-17-22-15-35-39(21-7-5-20(30)6-8-21)23(22)13-18-3-4-19(28(17)18)16-38(12-11-34)43(40,41)27-10-9-25(42-27)24-14-26(29(31,32)33)36-37(24)2/h5-10,13-15,17,19,35H,3-4,12,16H2,1-2H3/t17-,19+/m0/s1. The van der Waals surface area contributed by atoms with Crippen LogP contribution >= 0.6 is 11.3 Å². The number of aryl methyl sites for hydroxylation is 1. The lowest BCUT2D eigenvalue weighted by molar-refractivity contribution is -0.141. The minimum absolute atomic E-state index is 0.0203. The zero-order valence-electron chi connectivity index (χ0n) is 23.1. The number of hydrogen-bond acceptors (Lipinski definition) is 7. The van der Waals surface area contributed by atoms with Gasteiger partial charge in [-0.1, -0.05) is 12.5 Å². The van der Waals surface area contributed by atoms with Crippen molar-refractivity contribution in [3.8, 4) is 16.6 Å². The van der Waals surface area contributed by atoms with Crippen LogP contribution < -0.4 is 10.4 Å². The second kappa shape index (κ2) is 10.7. The van der Waals surface area contributed by atoms with E-state index in [1.807, 2.05) is 17.3 Å². The summed E-state index contributed by atoms with van der Waals surface area (Å²) in [4.78, 5) is 0.316. The smallest absolute Gasteiger partial charge is 0.301 e. The van der Waals surface area contributed by atoms with Crippen LogP contribution in [0.25, 0.3) is 10.6 Å². The van der Waals surface area contributed by atoms with Gasteiger partial charge in [0.2, 0.25) is 0 Å². The Morgan fingerprint density at radius 2 is 1.95 bits per heavy atom. The van der Waals surface area contributed by atoms with Crippen molar-refractivity contribution < 1.29 is 26.0 Å². The molecule has 1 N–H and O–H groups in total. The van der Waals surface area contributed by atoms with Crippen molar-refractivity contribution in [1.29, 1.82) is 5.26 Å². The van der Waals surface area contributed by atoms with Gasteiger partial charge in [0.25, 0.3) is 10.0 Å². The van der Waals surface area contributed by atoms with Gasteiger partial charge < -0.3 is 5.43 Å². The molecule has 14 heteroatoms. The van der Waals surface area contributed by atoms with Crippen LogP contribution in [-0.2, 0) is 23.2 Å². The summed E-state index contributed by atoms with van der Waals surface area (Å²) in [7, 11) is -2.75. The van der Waals surface area contributed by atoms with Crippen LogP contribution in [0.4, 0.5) is 23.2 Å². The SMILES string of the molecule is C[C@H]1C2=CNN(c3ccc(F)cc3)C2=CC2=C1[C@@H](CN(CC#N)S(=O)(=O)c1ccc(-c3cc(C(F)(F)F)nn3C)s1)CC2. The maximum Gasteiger partial charge on any atom is 0.435 e. The molecule has 0 unspecified atom stereocenters. The third-order valence-electron chi connectivity index (χ3n) is 8.06. The number of anilines is 1. The molecule has 0 saturated heterocycles. The van der Waals surface area contributed by atoms with E-state index in [1.165, 1.54) is 31.3 Å². The lowest BCUT2D eigenvalue weighted by Crippen LogP contribution is -2.36. The van der Waals surface area contributed by atoms with Crippen molar-refractivity contribution in [1.82, 2.24) is 19.5 Å². The summed E-state index contributed by atoms with van der Waals surface area (Å²) >= 11 is 0.843. The van der Waals surface area contributed by atoms with Gasteiger partial charge in [-0.05, 0) is 72.9 Å². The Bertz CT molecular complexity index is 1830. The lowest BCUT2D eigenvalue weighted by Gasteiger charge is -2.31. The Kier molecular flexibility index (Phi) is 7.22. The summed E-state index contributed by atoms with van der Waals surface area (Å²) in [5.41, 5.74) is 7.33. The Hall–Kier alpha value is -3.93. The zero-order chi connectivity index (χ0) is 30.7. The first kappa shape index (κ1) is 29.2. The molecule has 1 aliphatic heterocycles. The van der Waals surface area contributed by atoms with Crippen LogP contribution in [0, 0.1) is 29.0 Å². The Morgan fingerprint density at radius 1 is 1.21 bits per heavy atom. The maximum absolute atomic E-state index is 13.8. The van der Waals surface area contributed by atoms with Gasteiger partial charge in [0.15, 0.2) is 5.69 Å². The summed E-state index contributed by atoms with van der Waals surface area (Å²) in [6.07, 6.45) is 0.806. The van der Waals surface area contributed by atoms with Gasteiger partial charge in [0.05, 0.1) is 28.0 Å². The summed E-state index contributed by atoms with van der Waals surface area (Å²) in [6, 6.07) is 11.8. The minimum atomic E-state index is -4.63. The highest BCUT2D eigenvalue weighted by atomic mass is 32.2. The van der Waals surface area contributed by atoms with E-state index in [0.717, 1.165) is 60.9 Å². The fourth-order valence-electron chi connectivity index (χ4n) is 6.04. The number of nitriles is 1. The number of fused-ring (bicyclic) bond motifs is 1. The number of sulfonamides is 1. The largest absolute Gasteiger partial charge is 0.435 e. The lowest BCUT2D eigenvalue weighted by atomic mass is 9.80. The molecule has 224 valence electrons. The van der Waals surface area contributed by atoms with E-state index in [0.29, 0.717) is 11.3 Å². The number of hydrogen-bond donors (Lipinski definition) is 1. The first-order valence-electron chi connectivity index (χ1n) is 13.4. The summed E-state index contributed by atoms with van der Waals surface area (Å²) in [5.74, 6) is -0.473. The van der Waals surface area contributed by atoms with Gasteiger partial charge in [0, 0.05) is 31.3 Å². The molecule has 8 nitrogen and oxygen atoms in total. The molecule has 3 aromatic rings. The molecule has 0 fully saturated rings. The molecule has 6 rings (SSSR count). The van der Waals surface area contributed by atoms with Gasteiger partial charge in [-0.2, -0.15) is 27.8 Å². The molecule has 3 aliphatic rings. The van der Waals surface area contributed by atoms with Crippen molar-refractivity contribution >= 4 is 27.0 Å². The van der Waals surface area contributed by atoms with Gasteiger partial charge in [-0.3, -0.25) is 9.69 Å². The normalized spacial score (nSPS) is 20.1. The Labute approximate surface area is 249 Å². The first-order chi connectivity index (χ1) is 20.4. The highest BCUT2D eigenvalue weighted by Crippen LogP contribution is 2.48. The number of benzene rings is 1. The molecule has 2 aliphatic carbocycles. The summed E-state index contributed by atoms with van der Waals surface area (Å²) < 4.78 is 82.7. The topological polar surface area (TPSA) is 94.3 Å². The van der Waals surface area contributed by atoms with E-state index in [1.54, 1.807) is 12.1 Å². The van der Waals surface area contributed by atoms with E-state index in [4.69, 9.17) is 0 Å². The molecule has 0 radical (unpaired) electrons. The zero-order valence-corrected chi connectivity index (χ0v) is 24.7. The molecule has 3 heterocycles. The van der Waals surface area contributed by atoms with Gasteiger partial charge in [0.1, 0.15) is 16.6 Å². The van der Waals surface area contributed by atoms with Crippen molar-refractivity contribution in [2.24, 2.45) is 18.9 Å². The monoisotopic (exact) mass is 630 g/mol.